The van der Waals surface area contributed by atoms with Gasteiger partial charge in [-0.25, -0.2) is 0 Å². The van der Waals surface area contributed by atoms with Gasteiger partial charge in [0.05, 0.1) is 0 Å². The van der Waals surface area contributed by atoms with Crippen LogP contribution < -0.4 is 0 Å². The van der Waals surface area contributed by atoms with Crippen LogP contribution in [0.4, 0.5) is 0 Å². The molecule has 2 radical (unpaired) electrons. The minimum Gasteiger partial charge on any atom is -0.418 e. The van der Waals surface area contributed by atoms with E-state index in [2.05, 4.69) is 134 Å². The number of fused-ring (bicyclic) bond motifs is 6. The van der Waals surface area contributed by atoms with E-state index in [4.69, 9.17) is 4.43 Å². The van der Waals surface area contributed by atoms with E-state index in [1.807, 2.05) is 49.9 Å². The van der Waals surface area contributed by atoms with Crippen LogP contribution in [0.25, 0.3) is 12.2 Å². The first kappa shape index (κ1) is 37.5. The third-order valence-electron chi connectivity index (χ3n) is 9.02. The van der Waals surface area contributed by atoms with Crippen LogP contribution in [-0.2, 0) is 30.6 Å². The summed E-state index contributed by atoms with van der Waals surface area (Å²) in [6, 6.07) is 38.2. The van der Waals surface area contributed by atoms with Crippen LogP contribution in [0.2, 0.25) is 6.55 Å². The number of allylic oxidation sites excluding steroid dienone is 6. The molecule has 0 fully saturated rings. The zero-order valence-corrected chi connectivity index (χ0v) is 31.9. The average Bonchev–Trinajstić information content (AvgIpc) is 3.71. The SMILES string of the molecule is C(C=Cc1ccccc1)=Cc1ccccc1.C1=CC2c3ccccc3[CH-]C2CC1.C1=CC2c3ccccc3[CH-]C2CC1.CCO[Si]C.[Zr+2]. The van der Waals surface area contributed by atoms with Gasteiger partial charge in [-0.2, -0.15) is 36.1 Å². The van der Waals surface area contributed by atoms with Gasteiger partial charge in [0, 0.05) is 6.61 Å². The molecule has 4 aromatic carbocycles. The fourth-order valence-electron chi connectivity index (χ4n) is 6.75. The quantitative estimate of drug-likeness (QED) is 0.0862. The van der Waals surface area contributed by atoms with Crippen molar-refractivity contribution in [1.29, 1.82) is 0 Å². The van der Waals surface area contributed by atoms with Crippen molar-refractivity contribution < 1.29 is 30.6 Å². The first-order valence-corrected chi connectivity index (χ1v) is 18.6. The molecule has 48 heavy (non-hydrogen) atoms. The van der Waals surface area contributed by atoms with E-state index in [0.717, 1.165) is 18.4 Å². The van der Waals surface area contributed by atoms with E-state index in [1.165, 1.54) is 59.1 Å². The van der Waals surface area contributed by atoms with E-state index >= 15 is 0 Å². The second-order valence-electron chi connectivity index (χ2n) is 12.2. The number of benzene rings is 4. The summed E-state index contributed by atoms with van der Waals surface area (Å²) in [6.45, 7) is 4.87. The third-order valence-corrected chi connectivity index (χ3v) is 9.59. The average molecular weight is 724 g/mol. The van der Waals surface area contributed by atoms with Gasteiger partial charge in [0.1, 0.15) is 0 Å². The van der Waals surface area contributed by atoms with Gasteiger partial charge in [-0.3, -0.25) is 0 Å². The summed E-state index contributed by atoms with van der Waals surface area (Å²) in [4.78, 5) is 0. The molecule has 0 aromatic heterocycles. The Balaban J connectivity index is 0.000000151. The predicted molar refractivity (Wildman–Crippen MR) is 203 cm³/mol. The molecule has 4 aliphatic rings. The molecule has 4 aliphatic carbocycles. The molecule has 1 nitrogen and oxygen atoms in total. The van der Waals surface area contributed by atoms with Crippen molar-refractivity contribution in [3.63, 3.8) is 0 Å². The molecular weight excluding hydrogens is 676 g/mol. The van der Waals surface area contributed by atoms with Crippen molar-refractivity contribution in [2.75, 3.05) is 6.61 Å². The number of hydrogen-bond donors (Lipinski definition) is 0. The van der Waals surface area contributed by atoms with Gasteiger partial charge in [-0.05, 0) is 49.3 Å². The van der Waals surface area contributed by atoms with E-state index in [0.29, 0.717) is 21.6 Å². The van der Waals surface area contributed by atoms with Gasteiger partial charge in [-0.15, -0.1) is 35.4 Å². The Morgan fingerprint density at radius 2 is 1.04 bits per heavy atom. The summed E-state index contributed by atoms with van der Waals surface area (Å²) in [7, 11) is 0.658. The van der Waals surface area contributed by atoms with Crippen molar-refractivity contribution in [2.45, 2.75) is 51.0 Å². The van der Waals surface area contributed by atoms with Gasteiger partial charge in [0.2, 0.25) is 9.76 Å². The largest absolute Gasteiger partial charge is 2.00 e. The molecule has 8 rings (SSSR count). The van der Waals surface area contributed by atoms with Crippen LogP contribution in [0.3, 0.4) is 0 Å². The molecule has 0 saturated heterocycles. The molecule has 4 aromatic rings. The molecule has 242 valence electrons. The molecule has 4 unspecified atom stereocenters. The molecular formula is C45H48OSiZr. The standard InChI is InChI=1S/C16H14.2C13H13.C3H8OSi.Zr/c1-3-9-15(10-4-1)13-7-8-14-16-11-5-2-6-12-16;2*1-3-7-12-10(5-1)9-11-6-2-4-8-13(11)12;1-3-4-5-2;/h1-14H;2*1,3-5,7-9,11,13H,2,6H2;3H2,1-2H3;/q;2*-1;;+2. The van der Waals surface area contributed by atoms with Crippen molar-refractivity contribution >= 4 is 21.9 Å². The first-order valence-electron chi connectivity index (χ1n) is 17.2. The maximum absolute atomic E-state index is 4.86. The monoisotopic (exact) mass is 722 g/mol. The van der Waals surface area contributed by atoms with Crippen LogP contribution >= 0.6 is 0 Å². The van der Waals surface area contributed by atoms with Gasteiger partial charge < -0.3 is 4.43 Å². The third kappa shape index (κ3) is 11.1. The maximum atomic E-state index is 4.86. The van der Waals surface area contributed by atoms with E-state index in [1.54, 1.807) is 0 Å². The van der Waals surface area contributed by atoms with E-state index in [9.17, 15) is 0 Å². The van der Waals surface area contributed by atoms with Crippen molar-refractivity contribution in [3.05, 3.63) is 192 Å². The van der Waals surface area contributed by atoms with Crippen LogP contribution in [0.5, 0.6) is 0 Å². The van der Waals surface area contributed by atoms with Gasteiger partial charge >= 0.3 is 26.2 Å². The zero-order chi connectivity index (χ0) is 32.5. The Bertz CT molecular complexity index is 1490. The Morgan fingerprint density at radius 1 is 0.625 bits per heavy atom. The Kier molecular flexibility index (Phi) is 16.3. The molecule has 0 bridgehead atoms. The topological polar surface area (TPSA) is 9.23 Å². The molecule has 0 heterocycles. The summed E-state index contributed by atoms with van der Waals surface area (Å²) in [6.07, 6.45) is 27.8. The van der Waals surface area contributed by atoms with Gasteiger partial charge in [-0.1, -0.05) is 146 Å². The molecule has 3 heteroatoms. The first-order chi connectivity index (χ1) is 23.3. The molecule has 0 amide bonds. The molecule has 0 spiro atoms. The smallest absolute Gasteiger partial charge is 0.418 e. The summed E-state index contributed by atoms with van der Waals surface area (Å²) in [5.41, 5.74) is 8.43. The van der Waals surface area contributed by atoms with E-state index in [-0.39, 0.29) is 26.2 Å². The van der Waals surface area contributed by atoms with Crippen LogP contribution in [0.1, 0.15) is 77.8 Å². The fraction of sp³-hybridized carbons (Fsp3) is 0.244. The summed E-state index contributed by atoms with van der Waals surface area (Å²) >= 11 is 0. The number of hydrogen-bond acceptors (Lipinski definition) is 1. The predicted octanol–water partition coefficient (Wildman–Crippen LogP) is 11.7. The molecule has 0 aliphatic heterocycles. The van der Waals surface area contributed by atoms with Crippen LogP contribution in [-0.4, -0.2) is 16.4 Å². The minimum atomic E-state index is 0. The zero-order valence-electron chi connectivity index (χ0n) is 28.4. The molecule has 4 atom stereocenters. The Labute approximate surface area is 312 Å². The normalized spacial score (nSPS) is 20.5. The van der Waals surface area contributed by atoms with Gasteiger partial charge in [0.15, 0.2) is 0 Å². The van der Waals surface area contributed by atoms with Crippen LogP contribution in [0.15, 0.2) is 146 Å². The number of rotatable bonds is 5. The second-order valence-corrected chi connectivity index (χ2v) is 12.9. The van der Waals surface area contributed by atoms with Crippen molar-refractivity contribution in [2.24, 2.45) is 11.8 Å². The Morgan fingerprint density at radius 3 is 1.44 bits per heavy atom. The summed E-state index contributed by atoms with van der Waals surface area (Å²) in [5.74, 6) is 2.93. The molecule has 0 N–H and O–H groups in total. The van der Waals surface area contributed by atoms with E-state index < -0.39 is 0 Å². The fourth-order valence-corrected chi connectivity index (χ4v) is 7.04. The maximum Gasteiger partial charge on any atom is 2.00 e. The molecule has 0 saturated carbocycles. The van der Waals surface area contributed by atoms with Crippen LogP contribution in [0, 0.1) is 24.7 Å². The van der Waals surface area contributed by atoms with Gasteiger partial charge in [0.25, 0.3) is 0 Å². The summed E-state index contributed by atoms with van der Waals surface area (Å²) < 4.78 is 4.86. The van der Waals surface area contributed by atoms with Crippen molar-refractivity contribution in [3.8, 4) is 0 Å². The Hall–Kier alpha value is -3.36. The summed E-state index contributed by atoms with van der Waals surface area (Å²) in [5, 5.41) is 0. The minimum absolute atomic E-state index is 0. The van der Waals surface area contributed by atoms with Crippen molar-refractivity contribution in [1.82, 2.24) is 0 Å². The second kappa shape index (κ2) is 20.9.